The molecular weight excluding hydrogens is 465 g/mol. The summed E-state index contributed by atoms with van der Waals surface area (Å²) in [5, 5.41) is 16.1. The number of hydrogen-bond acceptors (Lipinski definition) is 5. The zero-order valence-corrected chi connectivity index (χ0v) is 19.5. The molecule has 1 heterocycles. The third-order valence-corrected chi connectivity index (χ3v) is 5.52. The lowest BCUT2D eigenvalue weighted by Crippen LogP contribution is -2.49. The molecule has 0 bridgehead atoms. The fraction of sp³-hybridized carbons (Fsp3) is 0.261. The molecule has 1 aromatic heterocycles. The van der Waals surface area contributed by atoms with Crippen LogP contribution in [0.15, 0.2) is 48.8 Å². The van der Waals surface area contributed by atoms with Crippen LogP contribution in [0.1, 0.15) is 35.6 Å². The summed E-state index contributed by atoms with van der Waals surface area (Å²) in [6.07, 6.45) is 3.23. The maximum Gasteiger partial charge on any atom is 0.270 e. The number of aryl methyl sites for hydroxylation is 1. The molecule has 2 N–H and O–H groups in total. The highest BCUT2D eigenvalue weighted by molar-refractivity contribution is 6.34. The smallest absolute Gasteiger partial charge is 0.270 e. The van der Waals surface area contributed by atoms with Crippen LogP contribution < -0.4 is 10.6 Å². The molecule has 0 fully saturated rings. The van der Waals surface area contributed by atoms with Gasteiger partial charge in [-0.2, -0.15) is 0 Å². The molecule has 0 spiro atoms. The summed E-state index contributed by atoms with van der Waals surface area (Å²) in [5.74, 6) is -1.20. The van der Waals surface area contributed by atoms with Gasteiger partial charge in [-0.1, -0.05) is 31.5 Å². The van der Waals surface area contributed by atoms with Crippen molar-refractivity contribution < 1.29 is 18.9 Å². The number of halogens is 2. The van der Waals surface area contributed by atoms with Gasteiger partial charge in [0.2, 0.25) is 5.91 Å². The molecule has 34 heavy (non-hydrogen) atoms. The summed E-state index contributed by atoms with van der Waals surface area (Å²) in [6, 6.07) is 7.18. The Morgan fingerprint density at radius 3 is 2.53 bits per heavy atom. The van der Waals surface area contributed by atoms with E-state index in [0.29, 0.717) is 17.1 Å². The topological polar surface area (TPSA) is 119 Å². The summed E-state index contributed by atoms with van der Waals surface area (Å²) in [5.41, 5.74) is 0.649. The van der Waals surface area contributed by atoms with Gasteiger partial charge in [0.25, 0.3) is 11.6 Å². The molecule has 1 atom stereocenters. The highest BCUT2D eigenvalue weighted by atomic mass is 35.5. The summed E-state index contributed by atoms with van der Waals surface area (Å²) >= 11 is 6.02. The number of imidazole rings is 1. The minimum atomic E-state index is -0.906. The average Bonchev–Trinajstić information content (AvgIpc) is 3.20. The standard InChI is InChI=1S/C23H23ClFN5O4/c1-13(2)21(28-22(31)17-6-5-16(30(33)34)11-18(17)24)23(32)27-12-15-4-7-20(19(25)10-15)29-9-8-26-14(29)3/h4-11,13,21H,12H2,1-3H3,(H,27,32)(H,28,31). The number of aromatic nitrogens is 2. The Morgan fingerprint density at radius 2 is 1.97 bits per heavy atom. The highest BCUT2D eigenvalue weighted by Gasteiger charge is 2.26. The first-order valence-corrected chi connectivity index (χ1v) is 10.8. The molecule has 2 aromatic carbocycles. The Bertz CT molecular complexity index is 1240. The van der Waals surface area contributed by atoms with Crippen molar-refractivity contribution in [2.24, 2.45) is 5.92 Å². The van der Waals surface area contributed by atoms with Crippen molar-refractivity contribution in [3.63, 3.8) is 0 Å². The van der Waals surface area contributed by atoms with Gasteiger partial charge in [-0.05, 0) is 36.6 Å². The number of amides is 2. The third-order valence-electron chi connectivity index (χ3n) is 5.21. The van der Waals surface area contributed by atoms with Gasteiger partial charge in [-0.25, -0.2) is 9.37 Å². The van der Waals surface area contributed by atoms with Crippen LogP contribution in [-0.2, 0) is 11.3 Å². The van der Waals surface area contributed by atoms with E-state index >= 15 is 0 Å². The molecule has 0 aliphatic rings. The van der Waals surface area contributed by atoms with Crippen LogP contribution in [0.4, 0.5) is 10.1 Å². The van der Waals surface area contributed by atoms with Crippen molar-refractivity contribution in [3.05, 3.63) is 86.7 Å². The lowest BCUT2D eigenvalue weighted by molar-refractivity contribution is -0.384. The van der Waals surface area contributed by atoms with Crippen LogP contribution >= 0.6 is 11.6 Å². The van der Waals surface area contributed by atoms with Crippen LogP contribution in [0.2, 0.25) is 5.02 Å². The molecule has 178 valence electrons. The summed E-state index contributed by atoms with van der Waals surface area (Å²) in [6.45, 7) is 5.32. The van der Waals surface area contributed by atoms with E-state index in [1.807, 2.05) is 0 Å². The van der Waals surface area contributed by atoms with Gasteiger partial charge in [0.1, 0.15) is 17.7 Å². The summed E-state index contributed by atoms with van der Waals surface area (Å²) in [4.78, 5) is 39.8. The van der Waals surface area contributed by atoms with Gasteiger partial charge in [0.15, 0.2) is 0 Å². The number of nitro groups is 1. The van der Waals surface area contributed by atoms with Crippen LogP contribution in [0, 0.1) is 28.8 Å². The number of nitro benzene ring substituents is 1. The number of non-ortho nitro benzene ring substituents is 1. The fourth-order valence-electron chi connectivity index (χ4n) is 3.34. The molecular formula is C23H23ClFN5O4. The third kappa shape index (κ3) is 5.57. The molecule has 9 nitrogen and oxygen atoms in total. The second kappa shape index (κ2) is 10.4. The zero-order valence-electron chi connectivity index (χ0n) is 18.7. The van der Waals surface area contributed by atoms with Crippen molar-refractivity contribution in [1.82, 2.24) is 20.2 Å². The Balaban J connectivity index is 1.67. The fourth-order valence-corrected chi connectivity index (χ4v) is 3.60. The van der Waals surface area contributed by atoms with Crippen LogP contribution in [0.25, 0.3) is 5.69 Å². The maximum atomic E-state index is 14.6. The molecule has 0 aliphatic carbocycles. The van der Waals surface area contributed by atoms with E-state index in [2.05, 4.69) is 15.6 Å². The lowest BCUT2D eigenvalue weighted by Gasteiger charge is -2.22. The predicted molar refractivity (Wildman–Crippen MR) is 124 cm³/mol. The molecule has 3 rings (SSSR count). The average molecular weight is 488 g/mol. The van der Waals surface area contributed by atoms with Gasteiger partial charge < -0.3 is 15.2 Å². The molecule has 2 amide bonds. The maximum absolute atomic E-state index is 14.6. The highest BCUT2D eigenvalue weighted by Crippen LogP contribution is 2.23. The van der Waals surface area contributed by atoms with E-state index in [1.165, 1.54) is 12.1 Å². The molecule has 0 saturated heterocycles. The van der Waals surface area contributed by atoms with Gasteiger partial charge in [0, 0.05) is 31.1 Å². The Morgan fingerprint density at radius 1 is 1.24 bits per heavy atom. The van der Waals surface area contributed by atoms with Gasteiger partial charge in [-0.15, -0.1) is 0 Å². The minimum Gasteiger partial charge on any atom is -0.350 e. The van der Waals surface area contributed by atoms with Gasteiger partial charge >= 0.3 is 0 Å². The molecule has 11 heteroatoms. The number of carbonyl (C=O) groups excluding carboxylic acids is 2. The number of benzene rings is 2. The second-order valence-corrected chi connectivity index (χ2v) is 8.37. The quantitative estimate of drug-likeness (QED) is 0.368. The van der Waals surface area contributed by atoms with E-state index in [1.54, 1.807) is 49.9 Å². The number of nitrogens with one attached hydrogen (secondary N) is 2. The van der Waals surface area contributed by atoms with E-state index in [-0.39, 0.29) is 28.7 Å². The van der Waals surface area contributed by atoms with Crippen molar-refractivity contribution in [2.45, 2.75) is 33.4 Å². The van der Waals surface area contributed by atoms with Crippen LogP contribution in [0.3, 0.4) is 0 Å². The molecule has 0 saturated carbocycles. The van der Waals surface area contributed by atoms with E-state index in [0.717, 1.165) is 12.1 Å². The number of nitrogens with zero attached hydrogens (tertiary/aromatic N) is 3. The zero-order chi connectivity index (χ0) is 25.0. The van der Waals surface area contributed by atoms with E-state index < -0.39 is 28.6 Å². The number of rotatable bonds is 8. The summed E-state index contributed by atoms with van der Waals surface area (Å²) < 4.78 is 16.2. The normalized spacial score (nSPS) is 11.8. The van der Waals surface area contributed by atoms with Gasteiger partial charge in [0.05, 0.1) is 21.2 Å². The van der Waals surface area contributed by atoms with Crippen LogP contribution in [-0.4, -0.2) is 32.3 Å². The molecule has 3 aromatic rings. The molecule has 0 radical (unpaired) electrons. The molecule has 0 aliphatic heterocycles. The molecule has 1 unspecified atom stereocenters. The lowest BCUT2D eigenvalue weighted by atomic mass is 10.0. The van der Waals surface area contributed by atoms with E-state index in [9.17, 15) is 24.1 Å². The Hall–Kier alpha value is -3.79. The predicted octanol–water partition coefficient (Wildman–Crippen LogP) is 3.95. The number of hydrogen-bond donors (Lipinski definition) is 2. The van der Waals surface area contributed by atoms with Crippen molar-refractivity contribution in [2.75, 3.05) is 0 Å². The Kier molecular flexibility index (Phi) is 7.62. The first kappa shape index (κ1) is 24.8. The van der Waals surface area contributed by atoms with Crippen LogP contribution in [0.5, 0.6) is 0 Å². The largest absolute Gasteiger partial charge is 0.350 e. The first-order chi connectivity index (χ1) is 16.1. The monoisotopic (exact) mass is 487 g/mol. The number of carbonyl (C=O) groups is 2. The first-order valence-electron chi connectivity index (χ1n) is 10.4. The Labute approximate surface area is 200 Å². The second-order valence-electron chi connectivity index (χ2n) is 7.96. The SMILES string of the molecule is Cc1nccn1-c1ccc(CNC(=O)C(NC(=O)c2ccc([N+](=O)[O-])cc2Cl)C(C)C)cc1F. The van der Waals surface area contributed by atoms with Crippen molar-refractivity contribution in [1.29, 1.82) is 0 Å². The summed E-state index contributed by atoms with van der Waals surface area (Å²) in [7, 11) is 0. The van der Waals surface area contributed by atoms with Gasteiger partial charge in [-0.3, -0.25) is 19.7 Å². The van der Waals surface area contributed by atoms with Crippen molar-refractivity contribution in [3.8, 4) is 5.69 Å². The van der Waals surface area contributed by atoms with Crippen molar-refractivity contribution >= 4 is 29.1 Å². The minimum absolute atomic E-state index is 0.0122. The van der Waals surface area contributed by atoms with E-state index in [4.69, 9.17) is 11.6 Å².